The zero-order chi connectivity index (χ0) is 18.5. The molecule has 3 aromatic rings. The lowest BCUT2D eigenvalue weighted by Gasteiger charge is -2.07. The molecule has 0 fully saturated rings. The number of furan rings is 1. The number of aromatic nitrogens is 1. The number of nitrogens with zero attached hydrogens (tertiary/aromatic N) is 1. The quantitative estimate of drug-likeness (QED) is 0.676. The number of ether oxygens (including phenoxy) is 2. The van der Waals surface area contributed by atoms with Gasteiger partial charge in [0.15, 0.2) is 0 Å². The molecule has 7 heteroatoms. The van der Waals surface area contributed by atoms with E-state index in [0.717, 1.165) is 11.1 Å². The van der Waals surface area contributed by atoms with E-state index in [9.17, 15) is 4.79 Å². The van der Waals surface area contributed by atoms with E-state index >= 15 is 0 Å². The van der Waals surface area contributed by atoms with Crippen LogP contribution < -0.4 is 15.8 Å². The van der Waals surface area contributed by atoms with Crippen molar-refractivity contribution in [3.63, 3.8) is 0 Å². The highest BCUT2D eigenvalue weighted by Gasteiger charge is 2.13. The van der Waals surface area contributed by atoms with Gasteiger partial charge in [0.05, 0.1) is 31.0 Å². The van der Waals surface area contributed by atoms with Crippen LogP contribution in [0.15, 0.2) is 40.8 Å². The third kappa shape index (κ3) is 3.94. The number of fused-ring (bicyclic) bond motifs is 1. The monoisotopic (exact) mass is 355 g/mol. The summed E-state index contributed by atoms with van der Waals surface area (Å²) >= 11 is 0. The summed E-state index contributed by atoms with van der Waals surface area (Å²) in [5.41, 5.74) is 7.57. The third-order valence-corrected chi connectivity index (χ3v) is 3.80. The summed E-state index contributed by atoms with van der Waals surface area (Å²) in [5, 5.41) is 3.74. The molecule has 0 aliphatic carbocycles. The van der Waals surface area contributed by atoms with Gasteiger partial charge in [-0.25, -0.2) is 4.98 Å². The van der Waals surface area contributed by atoms with Crippen molar-refractivity contribution in [3.8, 4) is 5.75 Å². The van der Waals surface area contributed by atoms with Crippen LogP contribution >= 0.6 is 0 Å². The SMILES string of the molecule is CCOc1ccc2cc(CNC(=O)c3ccc(COC)nc3N)oc2c1. The maximum Gasteiger partial charge on any atom is 0.255 e. The molecule has 0 saturated carbocycles. The number of pyridine rings is 1. The number of carbonyl (C=O) groups is 1. The Labute approximate surface area is 151 Å². The molecule has 26 heavy (non-hydrogen) atoms. The van der Waals surface area contributed by atoms with Crippen LogP contribution in [0.4, 0.5) is 5.82 Å². The smallest absolute Gasteiger partial charge is 0.255 e. The number of anilines is 1. The lowest BCUT2D eigenvalue weighted by molar-refractivity contribution is 0.0948. The Balaban J connectivity index is 1.68. The van der Waals surface area contributed by atoms with Crippen LogP contribution in [0.5, 0.6) is 5.75 Å². The average molecular weight is 355 g/mol. The maximum atomic E-state index is 12.3. The average Bonchev–Trinajstić information content (AvgIpc) is 3.02. The second-order valence-electron chi connectivity index (χ2n) is 5.70. The molecule has 0 radical (unpaired) electrons. The summed E-state index contributed by atoms with van der Waals surface area (Å²) in [6.45, 7) is 3.11. The molecule has 0 saturated heterocycles. The first-order chi connectivity index (χ1) is 12.6. The third-order valence-electron chi connectivity index (χ3n) is 3.80. The van der Waals surface area contributed by atoms with Gasteiger partial charge in [0.2, 0.25) is 0 Å². The Bertz CT molecular complexity index is 920. The molecule has 3 N–H and O–H groups in total. The van der Waals surface area contributed by atoms with Gasteiger partial charge in [0.1, 0.15) is 22.9 Å². The Kier molecular flexibility index (Phi) is 5.38. The number of hydrogen-bond donors (Lipinski definition) is 2. The number of benzene rings is 1. The van der Waals surface area contributed by atoms with Crippen molar-refractivity contribution in [2.45, 2.75) is 20.1 Å². The molecule has 7 nitrogen and oxygen atoms in total. The van der Waals surface area contributed by atoms with E-state index in [4.69, 9.17) is 19.6 Å². The van der Waals surface area contributed by atoms with Crippen molar-refractivity contribution in [1.82, 2.24) is 10.3 Å². The Hall–Kier alpha value is -3.06. The van der Waals surface area contributed by atoms with Gasteiger partial charge in [-0.05, 0) is 37.3 Å². The first-order valence-electron chi connectivity index (χ1n) is 8.28. The number of hydrogen-bond acceptors (Lipinski definition) is 6. The molecule has 136 valence electrons. The lowest BCUT2D eigenvalue weighted by Crippen LogP contribution is -2.24. The molecular weight excluding hydrogens is 334 g/mol. The summed E-state index contributed by atoms with van der Waals surface area (Å²) in [5.74, 6) is 1.25. The topological polar surface area (TPSA) is 99.6 Å². The van der Waals surface area contributed by atoms with Crippen molar-refractivity contribution < 1.29 is 18.7 Å². The van der Waals surface area contributed by atoms with Crippen molar-refractivity contribution in [2.24, 2.45) is 0 Å². The van der Waals surface area contributed by atoms with Crippen LogP contribution in [0.1, 0.15) is 28.7 Å². The van der Waals surface area contributed by atoms with Gasteiger partial charge in [-0.15, -0.1) is 0 Å². The predicted molar refractivity (Wildman–Crippen MR) is 97.9 cm³/mol. The molecule has 0 bridgehead atoms. The summed E-state index contributed by atoms with van der Waals surface area (Å²) in [4.78, 5) is 16.5. The van der Waals surface area contributed by atoms with Gasteiger partial charge in [0, 0.05) is 18.6 Å². The summed E-state index contributed by atoms with van der Waals surface area (Å²) in [6, 6.07) is 10.9. The fourth-order valence-electron chi connectivity index (χ4n) is 2.61. The second kappa shape index (κ2) is 7.88. The minimum atomic E-state index is -0.311. The zero-order valence-corrected chi connectivity index (χ0v) is 14.7. The van der Waals surface area contributed by atoms with E-state index < -0.39 is 0 Å². The number of nitrogens with one attached hydrogen (secondary N) is 1. The van der Waals surface area contributed by atoms with E-state index in [1.165, 1.54) is 0 Å². The van der Waals surface area contributed by atoms with Crippen LogP contribution in [-0.4, -0.2) is 24.6 Å². The second-order valence-corrected chi connectivity index (χ2v) is 5.70. The summed E-state index contributed by atoms with van der Waals surface area (Å²) in [6.07, 6.45) is 0. The molecule has 0 unspecified atom stereocenters. The van der Waals surface area contributed by atoms with Crippen LogP contribution in [0, 0.1) is 0 Å². The number of rotatable bonds is 7. The zero-order valence-electron chi connectivity index (χ0n) is 14.7. The number of nitrogen functional groups attached to an aromatic ring is 1. The highest BCUT2D eigenvalue weighted by atomic mass is 16.5. The van der Waals surface area contributed by atoms with Gasteiger partial charge < -0.3 is 24.9 Å². The lowest BCUT2D eigenvalue weighted by atomic mass is 10.2. The van der Waals surface area contributed by atoms with Crippen molar-refractivity contribution >= 4 is 22.7 Å². The van der Waals surface area contributed by atoms with Crippen molar-refractivity contribution in [1.29, 1.82) is 0 Å². The molecule has 0 spiro atoms. The fourth-order valence-corrected chi connectivity index (χ4v) is 2.61. The highest BCUT2D eigenvalue weighted by Crippen LogP contribution is 2.24. The molecule has 0 aliphatic heterocycles. The molecule has 3 rings (SSSR count). The Morgan fingerprint density at radius 3 is 2.85 bits per heavy atom. The van der Waals surface area contributed by atoms with Crippen LogP contribution in [0.25, 0.3) is 11.0 Å². The molecule has 1 amide bonds. The molecule has 0 aliphatic rings. The van der Waals surface area contributed by atoms with E-state index in [0.29, 0.717) is 35.8 Å². The minimum absolute atomic E-state index is 0.169. The number of carbonyl (C=O) groups excluding carboxylic acids is 1. The molecule has 0 atom stereocenters. The fraction of sp³-hybridized carbons (Fsp3) is 0.263. The van der Waals surface area contributed by atoms with E-state index in [1.54, 1.807) is 19.2 Å². The minimum Gasteiger partial charge on any atom is -0.494 e. The Morgan fingerprint density at radius 1 is 1.27 bits per heavy atom. The van der Waals surface area contributed by atoms with Crippen LogP contribution in [0.3, 0.4) is 0 Å². The first kappa shape index (κ1) is 17.8. The highest BCUT2D eigenvalue weighted by molar-refractivity contribution is 5.98. The molecule has 1 aromatic carbocycles. The molecular formula is C19H21N3O4. The van der Waals surface area contributed by atoms with Crippen LogP contribution in [0.2, 0.25) is 0 Å². The van der Waals surface area contributed by atoms with E-state index in [-0.39, 0.29) is 18.3 Å². The van der Waals surface area contributed by atoms with E-state index in [1.807, 2.05) is 31.2 Å². The first-order valence-corrected chi connectivity index (χ1v) is 8.28. The van der Waals surface area contributed by atoms with Crippen LogP contribution in [-0.2, 0) is 17.9 Å². The molecule has 2 aromatic heterocycles. The van der Waals surface area contributed by atoms with Gasteiger partial charge in [0.25, 0.3) is 5.91 Å². The van der Waals surface area contributed by atoms with Crippen molar-refractivity contribution in [3.05, 3.63) is 53.4 Å². The van der Waals surface area contributed by atoms with Gasteiger partial charge in [-0.2, -0.15) is 0 Å². The molecule has 2 heterocycles. The van der Waals surface area contributed by atoms with Crippen molar-refractivity contribution in [2.75, 3.05) is 19.5 Å². The van der Waals surface area contributed by atoms with Gasteiger partial charge in [-0.1, -0.05) is 0 Å². The predicted octanol–water partition coefficient (Wildman–Crippen LogP) is 2.89. The number of amides is 1. The van der Waals surface area contributed by atoms with Gasteiger partial charge >= 0.3 is 0 Å². The summed E-state index contributed by atoms with van der Waals surface area (Å²) < 4.78 is 16.2. The van der Waals surface area contributed by atoms with Gasteiger partial charge in [-0.3, -0.25) is 4.79 Å². The number of methoxy groups -OCH3 is 1. The largest absolute Gasteiger partial charge is 0.494 e. The Morgan fingerprint density at radius 2 is 2.12 bits per heavy atom. The summed E-state index contributed by atoms with van der Waals surface area (Å²) in [7, 11) is 1.57. The standard InChI is InChI=1S/C19H21N3O4/c1-3-25-14-6-4-12-8-15(26-17(12)9-14)10-21-19(23)16-7-5-13(11-24-2)22-18(16)20/h4-9H,3,10-11H2,1-2H3,(H2,20,22)(H,21,23). The van der Waals surface area contributed by atoms with E-state index in [2.05, 4.69) is 10.3 Å². The number of nitrogens with two attached hydrogens (primary N) is 1. The maximum absolute atomic E-state index is 12.3. The normalized spacial score (nSPS) is 10.8.